The van der Waals surface area contributed by atoms with Crippen LogP contribution in [0.4, 0.5) is 0 Å². The molecule has 3 heteroatoms. The predicted molar refractivity (Wildman–Crippen MR) is 68.8 cm³/mol. The van der Waals surface area contributed by atoms with E-state index in [1.807, 2.05) is 7.05 Å². The number of nitrogens with zero attached hydrogens (tertiary/aromatic N) is 1. The average Bonchev–Trinajstić information content (AvgIpc) is 3.11. The Morgan fingerprint density at radius 1 is 1.31 bits per heavy atom. The second-order valence-electron chi connectivity index (χ2n) is 5.09. The van der Waals surface area contributed by atoms with Crippen molar-refractivity contribution in [3.05, 3.63) is 0 Å². The molecular formula is C13H28N2O. The Labute approximate surface area is 101 Å². The molecule has 2 unspecified atom stereocenters. The lowest BCUT2D eigenvalue weighted by Gasteiger charge is -2.30. The summed E-state index contributed by atoms with van der Waals surface area (Å²) < 4.78 is 5.20. The quantitative estimate of drug-likeness (QED) is 0.650. The van der Waals surface area contributed by atoms with Crippen LogP contribution in [0.15, 0.2) is 0 Å². The highest BCUT2D eigenvalue weighted by Gasteiger charge is 2.31. The predicted octanol–water partition coefficient (Wildman–Crippen LogP) is 1.73. The number of rotatable bonds is 9. The maximum absolute atomic E-state index is 5.20. The van der Waals surface area contributed by atoms with Gasteiger partial charge in [0, 0.05) is 25.7 Å². The Kier molecular flexibility index (Phi) is 6.32. The summed E-state index contributed by atoms with van der Waals surface area (Å²) in [6, 6.07) is 1.34. The zero-order chi connectivity index (χ0) is 12.0. The van der Waals surface area contributed by atoms with E-state index in [-0.39, 0.29) is 0 Å². The first-order valence-corrected chi connectivity index (χ1v) is 6.59. The van der Waals surface area contributed by atoms with Crippen LogP contribution in [-0.2, 0) is 4.74 Å². The topological polar surface area (TPSA) is 24.5 Å². The van der Waals surface area contributed by atoms with Crippen molar-refractivity contribution in [3.8, 4) is 0 Å². The fraction of sp³-hybridized carbons (Fsp3) is 1.00. The summed E-state index contributed by atoms with van der Waals surface area (Å²) in [5, 5.41) is 3.30. The van der Waals surface area contributed by atoms with Crippen LogP contribution in [0.3, 0.4) is 0 Å². The van der Waals surface area contributed by atoms with Crippen molar-refractivity contribution in [1.82, 2.24) is 10.2 Å². The van der Waals surface area contributed by atoms with E-state index >= 15 is 0 Å². The van der Waals surface area contributed by atoms with Crippen LogP contribution < -0.4 is 5.32 Å². The molecule has 16 heavy (non-hydrogen) atoms. The smallest absolute Gasteiger partial charge is 0.0589 e. The van der Waals surface area contributed by atoms with Crippen LogP contribution in [0, 0.1) is 5.92 Å². The Morgan fingerprint density at radius 3 is 2.50 bits per heavy atom. The number of nitrogens with one attached hydrogen (secondary N) is 1. The van der Waals surface area contributed by atoms with Gasteiger partial charge < -0.3 is 10.1 Å². The van der Waals surface area contributed by atoms with Crippen LogP contribution >= 0.6 is 0 Å². The molecule has 0 amide bonds. The molecule has 0 spiro atoms. The van der Waals surface area contributed by atoms with E-state index in [0.717, 1.165) is 25.1 Å². The molecule has 0 heterocycles. The van der Waals surface area contributed by atoms with Gasteiger partial charge >= 0.3 is 0 Å². The maximum atomic E-state index is 5.20. The van der Waals surface area contributed by atoms with Crippen molar-refractivity contribution < 1.29 is 4.74 Å². The second kappa shape index (κ2) is 7.25. The standard InChI is InChI=1S/C13H28N2O/c1-11(14-3)7-8-15(9-10-16-4)12(2)13-5-6-13/h11-14H,5-10H2,1-4H3. The van der Waals surface area contributed by atoms with Gasteiger partial charge in [0.25, 0.3) is 0 Å². The van der Waals surface area contributed by atoms with Gasteiger partial charge in [-0.2, -0.15) is 0 Å². The summed E-state index contributed by atoms with van der Waals surface area (Å²) in [7, 11) is 3.82. The fourth-order valence-electron chi connectivity index (χ4n) is 2.11. The molecule has 3 nitrogen and oxygen atoms in total. The molecule has 96 valence electrons. The van der Waals surface area contributed by atoms with E-state index in [4.69, 9.17) is 4.74 Å². The summed E-state index contributed by atoms with van der Waals surface area (Å²) in [5.41, 5.74) is 0. The van der Waals surface area contributed by atoms with Crippen LogP contribution in [0.25, 0.3) is 0 Å². The van der Waals surface area contributed by atoms with E-state index in [0.29, 0.717) is 6.04 Å². The summed E-state index contributed by atoms with van der Waals surface area (Å²) in [4.78, 5) is 2.59. The van der Waals surface area contributed by atoms with E-state index < -0.39 is 0 Å². The number of hydrogen-bond acceptors (Lipinski definition) is 3. The molecule has 0 aromatic heterocycles. The lowest BCUT2D eigenvalue weighted by molar-refractivity contribution is 0.114. The summed E-state index contributed by atoms with van der Waals surface area (Å²) in [5.74, 6) is 0.946. The molecular weight excluding hydrogens is 200 g/mol. The molecule has 0 aromatic rings. The Balaban J connectivity index is 2.30. The highest BCUT2D eigenvalue weighted by Crippen LogP contribution is 2.35. The van der Waals surface area contributed by atoms with Crippen LogP contribution in [0.5, 0.6) is 0 Å². The number of ether oxygens (including phenoxy) is 1. The molecule has 0 bridgehead atoms. The van der Waals surface area contributed by atoms with E-state index in [2.05, 4.69) is 24.1 Å². The van der Waals surface area contributed by atoms with Crippen LogP contribution in [-0.4, -0.2) is 50.8 Å². The summed E-state index contributed by atoms with van der Waals surface area (Å²) in [6.07, 6.45) is 4.07. The van der Waals surface area contributed by atoms with Crippen molar-refractivity contribution in [2.75, 3.05) is 33.9 Å². The van der Waals surface area contributed by atoms with Gasteiger partial charge in [-0.05, 0) is 52.6 Å². The molecule has 1 fully saturated rings. The molecule has 0 radical (unpaired) electrons. The normalized spacial score (nSPS) is 20.1. The molecule has 0 saturated heterocycles. The van der Waals surface area contributed by atoms with Crippen molar-refractivity contribution in [1.29, 1.82) is 0 Å². The van der Waals surface area contributed by atoms with Crippen molar-refractivity contribution in [2.45, 2.75) is 45.2 Å². The second-order valence-corrected chi connectivity index (χ2v) is 5.09. The Bertz CT molecular complexity index is 183. The number of hydrogen-bond donors (Lipinski definition) is 1. The molecule has 1 N–H and O–H groups in total. The molecule has 0 aromatic carbocycles. The zero-order valence-electron chi connectivity index (χ0n) is 11.3. The zero-order valence-corrected chi connectivity index (χ0v) is 11.3. The van der Waals surface area contributed by atoms with Gasteiger partial charge in [-0.25, -0.2) is 0 Å². The van der Waals surface area contributed by atoms with Gasteiger partial charge in [0.2, 0.25) is 0 Å². The third-order valence-electron chi connectivity index (χ3n) is 3.80. The lowest BCUT2D eigenvalue weighted by atomic mass is 10.1. The van der Waals surface area contributed by atoms with Gasteiger partial charge in [0.15, 0.2) is 0 Å². The highest BCUT2D eigenvalue weighted by atomic mass is 16.5. The number of methoxy groups -OCH3 is 1. The van der Waals surface area contributed by atoms with Crippen molar-refractivity contribution in [2.24, 2.45) is 5.92 Å². The van der Waals surface area contributed by atoms with Crippen LogP contribution in [0.2, 0.25) is 0 Å². The Morgan fingerprint density at radius 2 is 2.00 bits per heavy atom. The van der Waals surface area contributed by atoms with Crippen molar-refractivity contribution >= 4 is 0 Å². The van der Waals surface area contributed by atoms with E-state index in [1.165, 1.54) is 25.8 Å². The molecule has 2 atom stereocenters. The highest BCUT2D eigenvalue weighted by molar-refractivity contribution is 4.85. The van der Waals surface area contributed by atoms with Crippen LogP contribution in [0.1, 0.15) is 33.1 Å². The molecule has 1 aliphatic carbocycles. The third kappa shape index (κ3) is 4.81. The summed E-state index contributed by atoms with van der Waals surface area (Å²) in [6.45, 7) is 7.73. The first-order valence-electron chi connectivity index (χ1n) is 6.59. The lowest BCUT2D eigenvalue weighted by Crippen LogP contribution is -2.40. The van der Waals surface area contributed by atoms with Crippen molar-refractivity contribution in [3.63, 3.8) is 0 Å². The average molecular weight is 228 g/mol. The SMILES string of the molecule is CNC(C)CCN(CCOC)C(C)C1CC1. The molecule has 1 saturated carbocycles. The largest absolute Gasteiger partial charge is 0.383 e. The third-order valence-corrected chi connectivity index (χ3v) is 3.80. The molecule has 0 aliphatic heterocycles. The minimum atomic E-state index is 0.608. The minimum Gasteiger partial charge on any atom is -0.383 e. The van der Waals surface area contributed by atoms with E-state index in [9.17, 15) is 0 Å². The summed E-state index contributed by atoms with van der Waals surface area (Å²) >= 11 is 0. The van der Waals surface area contributed by atoms with Gasteiger partial charge in [-0.1, -0.05) is 0 Å². The minimum absolute atomic E-state index is 0.608. The van der Waals surface area contributed by atoms with Gasteiger partial charge in [0.05, 0.1) is 6.61 Å². The maximum Gasteiger partial charge on any atom is 0.0589 e. The Hall–Kier alpha value is -0.120. The molecule has 1 aliphatic rings. The van der Waals surface area contributed by atoms with Gasteiger partial charge in [-0.3, -0.25) is 4.90 Å². The monoisotopic (exact) mass is 228 g/mol. The fourth-order valence-corrected chi connectivity index (χ4v) is 2.11. The van der Waals surface area contributed by atoms with E-state index in [1.54, 1.807) is 7.11 Å². The molecule has 1 rings (SSSR count). The first-order chi connectivity index (χ1) is 7.69. The first kappa shape index (κ1) is 13.9. The van der Waals surface area contributed by atoms with Gasteiger partial charge in [0.1, 0.15) is 0 Å². The van der Waals surface area contributed by atoms with Gasteiger partial charge in [-0.15, -0.1) is 0 Å².